The molecule has 3 aromatic rings. The smallest absolute Gasteiger partial charge is 0.256 e. The SMILES string of the molecule is CC(=O)c1ccccc1C(=O)Nc1cccc(Sc2cnc(Cl)cn2)c1Cl. The maximum atomic E-state index is 12.6. The standard InChI is InChI=1S/C19H13Cl2N3O2S/c1-11(25)12-5-2-3-6-13(12)19(26)24-14-7-4-8-15(18(14)21)27-17-10-22-16(20)9-23-17/h2-10H,1H3,(H,24,26). The maximum Gasteiger partial charge on any atom is 0.256 e. The third-order valence-corrected chi connectivity index (χ3v) is 5.27. The molecule has 0 bridgehead atoms. The molecule has 1 amide bonds. The summed E-state index contributed by atoms with van der Waals surface area (Å²) in [4.78, 5) is 33.2. The van der Waals surface area contributed by atoms with Crippen molar-refractivity contribution in [2.45, 2.75) is 16.8 Å². The fourth-order valence-electron chi connectivity index (χ4n) is 2.33. The number of ketones is 1. The largest absolute Gasteiger partial charge is 0.321 e. The highest BCUT2D eigenvalue weighted by Crippen LogP contribution is 2.36. The molecule has 0 atom stereocenters. The number of carbonyl (C=O) groups excluding carboxylic acids is 2. The van der Waals surface area contributed by atoms with E-state index in [9.17, 15) is 9.59 Å². The third-order valence-electron chi connectivity index (χ3n) is 3.57. The van der Waals surface area contributed by atoms with Crippen LogP contribution in [0.2, 0.25) is 10.2 Å². The fraction of sp³-hybridized carbons (Fsp3) is 0.0526. The fourth-order valence-corrected chi connectivity index (χ4v) is 3.50. The Morgan fingerprint density at radius 2 is 1.70 bits per heavy atom. The van der Waals surface area contributed by atoms with Gasteiger partial charge in [0.2, 0.25) is 0 Å². The summed E-state index contributed by atoms with van der Waals surface area (Å²) < 4.78 is 0. The van der Waals surface area contributed by atoms with Crippen LogP contribution >= 0.6 is 35.0 Å². The minimum atomic E-state index is -0.406. The lowest BCUT2D eigenvalue weighted by molar-refractivity contribution is 0.0985. The molecule has 5 nitrogen and oxygen atoms in total. The van der Waals surface area contributed by atoms with Crippen molar-refractivity contribution in [1.29, 1.82) is 0 Å². The van der Waals surface area contributed by atoms with Crippen molar-refractivity contribution < 1.29 is 9.59 Å². The van der Waals surface area contributed by atoms with E-state index in [0.29, 0.717) is 36.9 Å². The van der Waals surface area contributed by atoms with E-state index in [1.54, 1.807) is 36.4 Å². The van der Waals surface area contributed by atoms with Crippen molar-refractivity contribution in [3.05, 3.63) is 76.2 Å². The predicted molar refractivity (Wildman–Crippen MR) is 107 cm³/mol. The average molecular weight is 418 g/mol. The van der Waals surface area contributed by atoms with Crippen LogP contribution in [0.15, 0.2) is 64.8 Å². The van der Waals surface area contributed by atoms with Gasteiger partial charge in [0, 0.05) is 10.5 Å². The summed E-state index contributed by atoms with van der Waals surface area (Å²) in [6, 6.07) is 11.9. The molecule has 8 heteroatoms. The minimum Gasteiger partial charge on any atom is -0.321 e. The van der Waals surface area contributed by atoms with Crippen LogP contribution in [0.25, 0.3) is 0 Å². The first-order chi connectivity index (χ1) is 13.0. The molecule has 1 aromatic heterocycles. The number of carbonyl (C=O) groups is 2. The molecule has 0 radical (unpaired) electrons. The number of rotatable bonds is 5. The zero-order valence-corrected chi connectivity index (χ0v) is 16.4. The summed E-state index contributed by atoms with van der Waals surface area (Å²) in [6.07, 6.45) is 2.99. The number of hydrogen-bond acceptors (Lipinski definition) is 5. The molecule has 0 aliphatic carbocycles. The lowest BCUT2D eigenvalue weighted by atomic mass is 10.0. The second kappa shape index (κ2) is 8.52. The monoisotopic (exact) mass is 417 g/mol. The molecule has 0 unspecified atom stereocenters. The average Bonchev–Trinajstić information content (AvgIpc) is 2.66. The van der Waals surface area contributed by atoms with Gasteiger partial charge >= 0.3 is 0 Å². The van der Waals surface area contributed by atoms with Gasteiger partial charge in [0.25, 0.3) is 5.91 Å². The number of hydrogen-bond donors (Lipinski definition) is 1. The second-order valence-corrected chi connectivity index (χ2v) is 7.28. The Kier molecular flexibility index (Phi) is 6.11. The Morgan fingerprint density at radius 1 is 0.963 bits per heavy atom. The van der Waals surface area contributed by atoms with Crippen molar-refractivity contribution in [1.82, 2.24) is 9.97 Å². The minimum absolute atomic E-state index is 0.183. The van der Waals surface area contributed by atoms with Gasteiger partial charge in [-0.25, -0.2) is 9.97 Å². The molecular weight excluding hydrogens is 405 g/mol. The highest BCUT2D eigenvalue weighted by Gasteiger charge is 2.16. The number of nitrogens with zero attached hydrogens (tertiary/aromatic N) is 2. The number of halogens is 2. The number of nitrogens with one attached hydrogen (secondary N) is 1. The topological polar surface area (TPSA) is 72.0 Å². The Morgan fingerprint density at radius 3 is 2.37 bits per heavy atom. The van der Waals surface area contributed by atoms with Crippen LogP contribution in [-0.2, 0) is 0 Å². The molecular formula is C19H13Cl2N3O2S. The van der Waals surface area contributed by atoms with Crippen molar-refractivity contribution in [2.75, 3.05) is 5.32 Å². The second-order valence-electron chi connectivity index (χ2n) is 5.45. The van der Waals surface area contributed by atoms with Gasteiger partial charge in [0.05, 0.1) is 28.7 Å². The first-order valence-electron chi connectivity index (χ1n) is 7.81. The van der Waals surface area contributed by atoms with Crippen LogP contribution in [0.1, 0.15) is 27.6 Å². The predicted octanol–water partition coefficient (Wildman–Crippen LogP) is 5.39. The van der Waals surface area contributed by atoms with Gasteiger partial charge < -0.3 is 5.32 Å². The summed E-state index contributed by atoms with van der Waals surface area (Å²) in [5, 5.41) is 4.05. The normalized spacial score (nSPS) is 10.5. The summed E-state index contributed by atoms with van der Waals surface area (Å²) in [5.41, 5.74) is 1.09. The highest BCUT2D eigenvalue weighted by molar-refractivity contribution is 7.99. The van der Waals surface area contributed by atoms with Crippen molar-refractivity contribution in [2.24, 2.45) is 0 Å². The van der Waals surface area contributed by atoms with Gasteiger partial charge in [0.15, 0.2) is 5.78 Å². The van der Waals surface area contributed by atoms with Gasteiger partial charge in [-0.1, -0.05) is 59.2 Å². The number of anilines is 1. The van der Waals surface area contributed by atoms with E-state index >= 15 is 0 Å². The van der Waals surface area contributed by atoms with Crippen LogP contribution in [0.5, 0.6) is 0 Å². The number of Topliss-reactive ketones (excluding diaryl/α,β-unsaturated/α-hetero) is 1. The third kappa shape index (κ3) is 4.66. The van der Waals surface area contributed by atoms with E-state index < -0.39 is 5.91 Å². The van der Waals surface area contributed by atoms with Crippen LogP contribution in [0.4, 0.5) is 5.69 Å². The quantitative estimate of drug-likeness (QED) is 0.563. The summed E-state index contributed by atoms with van der Waals surface area (Å²) >= 11 is 13.5. The zero-order chi connectivity index (χ0) is 19.4. The van der Waals surface area contributed by atoms with Crippen molar-refractivity contribution in [3.8, 4) is 0 Å². The Labute approximate surface area is 170 Å². The van der Waals surface area contributed by atoms with E-state index in [-0.39, 0.29) is 5.78 Å². The van der Waals surface area contributed by atoms with E-state index in [1.165, 1.54) is 31.1 Å². The molecule has 27 heavy (non-hydrogen) atoms. The van der Waals surface area contributed by atoms with E-state index in [0.717, 1.165) is 0 Å². The first kappa shape index (κ1) is 19.4. The summed E-state index contributed by atoms with van der Waals surface area (Å²) in [7, 11) is 0. The molecule has 0 fully saturated rings. The lowest BCUT2D eigenvalue weighted by Crippen LogP contribution is -2.16. The molecule has 0 aliphatic heterocycles. The Bertz CT molecular complexity index is 1010. The molecule has 0 saturated carbocycles. The summed E-state index contributed by atoms with van der Waals surface area (Å²) in [5.74, 6) is -0.589. The summed E-state index contributed by atoms with van der Waals surface area (Å²) in [6.45, 7) is 1.42. The molecule has 1 N–H and O–H groups in total. The zero-order valence-electron chi connectivity index (χ0n) is 14.1. The van der Waals surface area contributed by atoms with Crippen LogP contribution in [0.3, 0.4) is 0 Å². The molecule has 0 saturated heterocycles. The first-order valence-corrected chi connectivity index (χ1v) is 9.38. The van der Waals surface area contributed by atoms with E-state index in [2.05, 4.69) is 15.3 Å². The van der Waals surface area contributed by atoms with Gasteiger partial charge in [-0.2, -0.15) is 0 Å². The van der Waals surface area contributed by atoms with Gasteiger partial charge in [-0.3, -0.25) is 9.59 Å². The van der Waals surface area contributed by atoms with E-state index in [1.807, 2.05) is 6.07 Å². The van der Waals surface area contributed by atoms with Crippen LogP contribution < -0.4 is 5.32 Å². The molecule has 0 aliphatic rings. The molecule has 3 rings (SSSR count). The molecule has 1 heterocycles. The number of benzene rings is 2. The Balaban J connectivity index is 1.85. The number of aromatic nitrogens is 2. The van der Waals surface area contributed by atoms with Crippen LogP contribution in [0, 0.1) is 0 Å². The van der Waals surface area contributed by atoms with Crippen LogP contribution in [-0.4, -0.2) is 21.7 Å². The van der Waals surface area contributed by atoms with Gasteiger partial charge in [-0.05, 0) is 25.1 Å². The van der Waals surface area contributed by atoms with E-state index in [4.69, 9.17) is 23.2 Å². The molecule has 136 valence electrons. The van der Waals surface area contributed by atoms with Crippen molar-refractivity contribution >= 4 is 52.3 Å². The molecule has 2 aromatic carbocycles. The van der Waals surface area contributed by atoms with Crippen molar-refractivity contribution in [3.63, 3.8) is 0 Å². The Hall–Kier alpha value is -2.41. The number of amides is 1. The van der Waals surface area contributed by atoms with Gasteiger partial charge in [-0.15, -0.1) is 0 Å². The lowest BCUT2D eigenvalue weighted by Gasteiger charge is -2.12. The van der Waals surface area contributed by atoms with Gasteiger partial charge in [0.1, 0.15) is 10.2 Å². The maximum absolute atomic E-state index is 12.6. The molecule has 0 spiro atoms. The highest BCUT2D eigenvalue weighted by atomic mass is 35.5.